The maximum Gasteiger partial charge on any atom is 0.326 e. The van der Waals surface area contributed by atoms with Crippen LogP contribution in [0.4, 0.5) is 0 Å². The first-order chi connectivity index (χ1) is 12.3. The normalized spacial score (nSPS) is 13.4. The summed E-state index contributed by atoms with van der Waals surface area (Å²) in [6.07, 6.45) is 2.39. The summed E-state index contributed by atoms with van der Waals surface area (Å²) in [4.78, 5) is 38.7. The molecule has 7 nitrogen and oxygen atoms in total. The third-order valence-electron chi connectivity index (χ3n) is 4.11. The number of hydrogen-bond donors (Lipinski definition) is 4. The van der Waals surface area contributed by atoms with E-state index in [-0.39, 0.29) is 18.2 Å². The van der Waals surface area contributed by atoms with E-state index in [1.54, 1.807) is 6.20 Å². The third-order valence-corrected chi connectivity index (χ3v) is 4.11. The summed E-state index contributed by atoms with van der Waals surface area (Å²) >= 11 is 0. The second-order valence-corrected chi connectivity index (χ2v) is 6.85. The molecule has 0 spiro atoms. The Morgan fingerprint density at radius 3 is 2.42 bits per heavy atom. The van der Waals surface area contributed by atoms with E-state index in [9.17, 15) is 19.5 Å². The van der Waals surface area contributed by atoms with E-state index in [0.717, 1.165) is 16.5 Å². The highest BCUT2D eigenvalue weighted by Crippen LogP contribution is 2.19. The van der Waals surface area contributed by atoms with Crippen LogP contribution in [-0.4, -0.2) is 40.0 Å². The summed E-state index contributed by atoms with van der Waals surface area (Å²) in [6.45, 7) is 5.11. The van der Waals surface area contributed by atoms with E-state index in [2.05, 4.69) is 15.6 Å². The number of fused-ring (bicyclic) bond motifs is 1. The number of rotatable bonds is 8. The zero-order chi connectivity index (χ0) is 19.3. The van der Waals surface area contributed by atoms with Crippen LogP contribution in [0.25, 0.3) is 10.9 Å². The fourth-order valence-corrected chi connectivity index (χ4v) is 2.94. The van der Waals surface area contributed by atoms with E-state index in [4.69, 9.17) is 0 Å². The van der Waals surface area contributed by atoms with Gasteiger partial charge in [0.25, 0.3) is 0 Å². The molecule has 140 valence electrons. The van der Waals surface area contributed by atoms with Crippen LogP contribution in [0.2, 0.25) is 0 Å². The van der Waals surface area contributed by atoms with E-state index in [1.807, 2.05) is 38.1 Å². The summed E-state index contributed by atoms with van der Waals surface area (Å²) in [5.74, 6) is -1.82. The van der Waals surface area contributed by atoms with E-state index in [0.29, 0.717) is 6.42 Å². The minimum absolute atomic E-state index is 0.115. The highest BCUT2D eigenvalue weighted by atomic mass is 16.4. The number of benzene rings is 1. The van der Waals surface area contributed by atoms with Crippen molar-refractivity contribution in [2.45, 2.75) is 45.7 Å². The molecular formula is C19H25N3O4. The summed E-state index contributed by atoms with van der Waals surface area (Å²) < 4.78 is 0. The number of carboxylic acid groups (broad SMARTS) is 1. The van der Waals surface area contributed by atoms with Gasteiger partial charge < -0.3 is 20.7 Å². The molecule has 0 aliphatic heterocycles. The zero-order valence-electron chi connectivity index (χ0n) is 15.2. The van der Waals surface area contributed by atoms with Crippen molar-refractivity contribution in [2.75, 3.05) is 0 Å². The van der Waals surface area contributed by atoms with Gasteiger partial charge in [0.05, 0.1) is 0 Å². The van der Waals surface area contributed by atoms with Gasteiger partial charge in [-0.3, -0.25) is 9.59 Å². The minimum atomic E-state index is -1.08. The van der Waals surface area contributed by atoms with Gasteiger partial charge in [0.15, 0.2) is 0 Å². The first-order valence-corrected chi connectivity index (χ1v) is 8.63. The second kappa shape index (κ2) is 8.51. The Hall–Kier alpha value is -2.83. The average molecular weight is 359 g/mol. The number of H-pyrrole nitrogens is 1. The van der Waals surface area contributed by atoms with Crippen LogP contribution in [0.1, 0.15) is 32.8 Å². The Kier molecular flexibility index (Phi) is 6.38. The molecule has 7 heteroatoms. The number of amides is 2. The maximum atomic E-state index is 12.6. The predicted molar refractivity (Wildman–Crippen MR) is 98.6 cm³/mol. The topological polar surface area (TPSA) is 111 Å². The summed E-state index contributed by atoms with van der Waals surface area (Å²) in [6, 6.07) is 5.83. The van der Waals surface area contributed by atoms with Gasteiger partial charge in [-0.15, -0.1) is 0 Å². The SMILES string of the molecule is CC(=O)NC(Cc1c[nH]c2ccccc12)C(=O)N[C@H](CC(C)C)C(=O)O. The highest BCUT2D eigenvalue weighted by molar-refractivity contribution is 5.91. The first-order valence-electron chi connectivity index (χ1n) is 8.63. The smallest absolute Gasteiger partial charge is 0.326 e. The fourth-order valence-electron chi connectivity index (χ4n) is 2.94. The lowest BCUT2D eigenvalue weighted by molar-refractivity contribution is -0.142. The molecular weight excluding hydrogens is 334 g/mol. The molecule has 0 bridgehead atoms. The first kappa shape index (κ1) is 19.5. The molecule has 0 aliphatic carbocycles. The van der Waals surface area contributed by atoms with Crippen LogP contribution in [0.15, 0.2) is 30.5 Å². The molecule has 1 heterocycles. The van der Waals surface area contributed by atoms with Gasteiger partial charge >= 0.3 is 5.97 Å². The summed E-state index contributed by atoms with van der Waals surface area (Å²) in [7, 11) is 0. The Morgan fingerprint density at radius 1 is 1.12 bits per heavy atom. The fraction of sp³-hybridized carbons (Fsp3) is 0.421. The molecule has 0 fully saturated rings. The molecule has 0 aliphatic rings. The zero-order valence-corrected chi connectivity index (χ0v) is 15.2. The maximum absolute atomic E-state index is 12.6. The van der Waals surface area contributed by atoms with Gasteiger partial charge in [0, 0.05) is 30.4 Å². The Balaban J connectivity index is 2.19. The molecule has 2 atom stereocenters. The number of nitrogens with one attached hydrogen (secondary N) is 3. The molecule has 1 unspecified atom stereocenters. The van der Waals surface area contributed by atoms with Crippen molar-refractivity contribution in [1.29, 1.82) is 0 Å². The number of carbonyl (C=O) groups is 3. The number of aliphatic carboxylic acids is 1. The largest absolute Gasteiger partial charge is 0.480 e. The lowest BCUT2D eigenvalue weighted by atomic mass is 10.0. The van der Waals surface area contributed by atoms with Crippen molar-refractivity contribution in [1.82, 2.24) is 15.6 Å². The average Bonchev–Trinajstić information content (AvgIpc) is 2.96. The van der Waals surface area contributed by atoms with Crippen LogP contribution in [0.3, 0.4) is 0 Å². The van der Waals surface area contributed by atoms with E-state index in [1.165, 1.54) is 6.92 Å². The molecule has 0 saturated carbocycles. The number of carbonyl (C=O) groups excluding carboxylic acids is 2. The van der Waals surface area contributed by atoms with Crippen molar-refractivity contribution in [2.24, 2.45) is 5.92 Å². The molecule has 0 saturated heterocycles. The van der Waals surface area contributed by atoms with Gasteiger partial charge in [-0.05, 0) is 24.0 Å². The molecule has 4 N–H and O–H groups in total. The number of para-hydroxylation sites is 1. The number of hydrogen-bond acceptors (Lipinski definition) is 3. The highest BCUT2D eigenvalue weighted by Gasteiger charge is 2.27. The molecule has 1 aromatic heterocycles. The number of carboxylic acids is 1. The van der Waals surface area contributed by atoms with Gasteiger partial charge in [-0.25, -0.2) is 4.79 Å². The van der Waals surface area contributed by atoms with Crippen molar-refractivity contribution in [3.63, 3.8) is 0 Å². The molecule has 1 aromatic carbocycles. The van der Waals surface area contributed by atoms with Gasteiger partial charge in [0.1, 0.15) is 12.1 Å². The Labute approximate surface area is 152 Å². The minimum Gasteiger partial charge on any atom is -0.480 e. The lowest BCUT2D eigenvalue weighted by Gasteiger charge is -2.22. The standard InChI is InChI=1S/C19H25N3O4/c1-11(2)8-17(19(25)26)22-18(24)16(21-12(3)23)9-13-10-20-15-7-5-4-6-14(13)15/h4-7,10-11,16-17,20H,8-9H2,1-3H3,(H,21,23)(H,22,24)(H,25,26)/t16?,17-/m1/s1. The van der Waals surface area contributed by atoms with Gasteiger partial charge in [-0.1, -0.05) is 32.0 Å². The van der Waals surface area contributed by atoms with Crippen LogP contribution < -0.4 is 10.6 Å². The van der Waals surface area contributed by atoms with Crippen molar-refractivity contribution >= 4 is 28.7 Å². The third kappa shape index (κ3) is 5.08. The second-order valence-electron chi connectivity index (χ2n) is 6.85. The Morgan fingerprint density at radius 2 is 1.81 bits per heavy atom. The van der Waals surface area contributed by atoms with Gasteiger partial charge in [-0.2, -0.15) is 0 Å². The van der Waals surface area contributed by atoms with Crippen LogP contribution >= 0.6 is 0 Å². The molecule has 0 radical (unpaired) electrons. The molecule has 26 heavy (non-hydrogen) atoms. The predicted octanol–water partition coefficient (Wildman–Crippen LogP) is 1.83. The quantitative estimate of drug-likeness (QED) is 0.576. The van der Waals surface area contributed by atoms with Crippen LogP contribution in [0.5, 0.6) is 0 Å². The molecule has 2 rings (SSSR count). The van der Waals surface area contributed by atoms with Crippen molar-refractivity contribution in [3.05, 3.63) is 36.0 Å². The molecule has 2 aromatic rings. The van der Waals surface area contributed by atoms with E-state index < -0.39 is 24.0 Å². The lowest BCUT2D eigenvalue weighted by Crippen LogP contribution is -2.52. The monoisotopic (exact) mass is 359 g/mol. The van der Waals surface area contributed by atoms with Crippen LogP contribution in [0, 0.1) is 5.92 Å². The van der Waals surface area contributed by atoms with E-state index >= 15 is 0 Å². The summed E-state index contributed by atoms with van der Waals surface area (Å²) in [5.41, 5.74) is 1.82. The van der Waals surface area contributed by atoms with Crippen LogP contribution in [-0.2, 0) is 20.8 Å². The molecule has 2 amide bonds. The van der Waals surface area contributed by atoms with Gasteiger partial charge in [0.2, 0.25) is 11.8 Å². The number of aromatic nitrogens is 1. The van der Waals surface area contributed by atoms with Crippen molar-refractivity contribution < 1.29 is 19.5 Å². The number of aromatic amines is 1. The summed E-state index contributed by atoms with van der Waals surface area (Å²) in [5, 5.41) is 15.5. The van der Waals surface area contributed by atoms with Crippen molar-refractivity contribution in [3.8, 4) is 0 Å². The Bertz CT molecular complexity index is 797.